The van der Waals surface area contributed by atoms with Crippen LogP contribution in [-0.2, 0) is 4.79 Å². The zero-order chi connectivity index (χ0) is 14.3. The second-order valence-corrected chi connectivity index (χ2v) is 5.61. The van der Waals surface area contributed by atoms with Gasteiger partial charge in [0.1, 0.15) is 0 Å². The number of carbonyl (C=O) groups is 1. The molecule has 3 nitrogen and oxygen atoms in total. The number of hydrogen-bond acceptors (Lipinski definition) is 2. The molecular weight excluding hydrogens is 304 g/mol. The number of anilines is 1. The van der Waals surface area contributed by atoms with Crippen LogP contribution in [0.3, 0.4) is 0 Å². The van der Waals surface area contributed by atoms with Crippen LogP contribution in [0.15, 0.2) is 22.7 Å². The summed E-state index contributed by atoms with van der Waals surface area (Å²) in [6.45, 7) is 8.62. The Balaban J connectivity index is 2.54. The Kier molecular flexibility index (Phi) is 7.10. The molecule has 1 aromatic carbocycles. The molecule has 1 aromatic rings. The second kappa shape index (κ2) is 8.33. The molecule has 0 bridgehead atoms. The molecule has 0 aliphatic heterocycles. The number of unbranched alkanes of at least 4 members (excludes halogenated alkanes) is 1. The van der Waals surface area contributed by atoms with E-state index in [1.54, 1.807) is 0 Å². The summed E-state index contributed by atoms with van der Waals surface area (Å²) in [6, 6.07) is 5.93. The van der Waals surface area contributed by atoms with E-state index >= 15 is 0 Å². The van der Waals surface area contributed by atoms with Crippen molar-refractivity contribution in [2.75, 3.05) is 25.0 Å². The minimum Gasteiger partial charge on any atom is -0.324 e. The molecule has 0 unspecified atom stereocenters. The van der Waals surface area contributed by atoms with Crippen molar-refractivity contribution in [3.8, 4) is 0 Å². The number of halogens is 1. The molecule has 0 saturated carbocycles. The van der Waals surface area contributed by atoms with E-state index in [0.29, 0.717) is 6.54 Å². The summed E-state index contributed by atoms with van der Waals surface area (Å²) in [4.78, 5) is 14.2. The van der Waals surface area contributed by atoms with Crippen molar-refractivity contribution in [1.82, 2.24) is 4.90 Å². The summed E-state index contributed by atoms with van der Waals surface area (Å²) in [5.74, 6) is 0.0440. The van der Waals surface area contributed by atoms with E-state index < -0.39 is 0 Å². The molecule has 19 heavy (non-hydrogen) atoms. The Labute approximate surface area is 124 Å². The monoisotopic (exact) mass is 326 g/mol. The maximum Gasteiger partial charge on any atom is 0.238 e. The first kappa shape index (κ1) is 16.2. The molecule has 1 rings (SSSR count). The Morgan fingerprint density at radius 1 is 1.37 bits per heavy atom. The van der Waals surface area contributed by atoms with E-state index in [4.69, 9.17) is 0 Å². The van der Waals surface area contributed by atoms with Crippen molar-refractivity contribution in [2.24, 2.45) is 0 Å². The Bertz CT molecular complexity index is 421. The highest BCUT2D eigenvalue weighted by Crippen LogP contribution is 2.23. The highest BCUT2D eigenvalue weighted by atomic mass is 79.9. The number of amides is 1. The fourth-order valence-corrected chi connectivity index (χ4v) is 2.44. The van der Waals surface area contributed by atoms with Crippen molar-refractivity contribution in [3.63, 3.8) is 0 Å². The molecule has 0 atom stereocenters. The lowest BCUT2D eigenvalue weighted by molar-refractivity contribution is -0.117. The predicted molar refractivity (Wildman–Crippen MR) is 84.5 cm³/mol. The fraction of sp³-hybridized carbons (Fsp3) is 0.533. The molecule has 0 radical (unpaired) electrons. The number of nitrogens with one attached hydrogen (secondary N) is 1. The van der Waals surface area contributed by atoms with Gasteiger partial charge in [0.25, 0.3) is 0 Å². The summed E-state index contributed by atoms with van der Waals surface area (Å²) in [6.07, 6.45) is 2.29. The standard InChI is InChI=1S/C15H23BrN2O/c1-4-6-9-18(5-2)11-15(19)17-14-8-7-12(3)10-13(14)16/h7-8,10H,4-6,9,11H2,1-3H3,(H,17,19). The van der Waals surface area contributed by atoms with Crippen LogP contribution in [0.2, 0.25) is 0 Å². The van der Waals surface area contributed by atoms with Crippen LogP contribution >= 0.6 is 15.9 Å². The molecule has 0 aliphatic rings. The molecule has 0 spiro atoms. The molecule has 0 fully saturated rings. The van der Waals surface area contributed by atoms with Crippen LogP contribution in [0.25, 0.3) is 0 Å². The maximum atomic E-state index is 12.0. The number of aryl methyl sites for hydroxylation is 1. The minimum absolute atomic E-state index is 0.0440. The lowest BCUT2D eigenvalue weighted by atomic mass is 10.2. The van der Waals surface area contributed by atoms with Gasteiger partial charge in [-0.3, -0.25) is 9.69 Å². The van der Waals surface area contributed by atoms with Crippen LogP contribution in [0, 0.1) is 6.92 Å². The average molecular weight is 327 g/mol. The van der Waals surface area contributed by atoms with Gasteiger partial charge in [-0.2, -0.15) is 0 Å². The number of rotatable bonds is 7. The summed E-state index contributed by atoms with van der Waals surface area (Å²) < 4.78 is 0.928. The smallest absolute Gasteiger partial charge is 0.238 e. The van der Waals surface area contributed by atoms with Crippen molar-refractivity contribution in [3.05, 3.63) is 28.2 Å². The van der Waals surface area contributed by atoms with Crippen LogP contribution in [-0.4, -0.2) is 30.4 Å². The molecule has 106 valence electrons. The SMILES string of the molecule is CCCCN(CC)CC(=O)Nc1ccc(C)cc1Br. The number of hydrogen-bond donors (Lipinski definition) is 1. The van der Waals surface area contributed by atoms with Gasteiger partial charge in [0.2, 0.25) is 5.91 Å². The first-order chi connectivity index (χ1) is 9.06. The zero-order valence-corrected chi connectivity index (χ0v) is 13.6. The quantitative estimate of drug-likeness (QED) is 0.826. The first-order valence-electron chi connectivity index (χ1n) is 6.85. The highest BCUT2D eigenvalue weighted by Gasteiger charge is 2.10. The van der Waals surface area contributed by atoms with Gasteiger partial charge in [0, 0.05) is 4.47 Å². The third kappa shape index (κ3) is 5.74. The molecule has 0 heterocycles. The lowest BCUT2D eigenvalue weighted by Crippen LogP contribution is -2.33. The highest BCUT2D eigenvalue weighted by molar-refractivity contribution is 9.10. The van der Waals surface area contributed by atoms with E-state index in [1.165, 1.54) is 5.56 Å². The number of benzene rings is 1. The minimum atomic E-state index is 0.0440. The molecule has 1 N–H and O–H groups in total. The molecule has 1 amide bonds. The molecular formula is C15H23BrN2O. The summed E-state index contributed by atoms with van der Waals surface area (Å²) in [7, 11) is 0. The topological polar surface area (TPSA) is 32.3 Å². The molecule has 0 aromatic heterocycles. The first-order valence-corrected chi connectivity index (χ1v) is 7.64. The maximum absolute atomic E-state index is 12.0. The normalized spacial score (nSPS) is 10.8. The summed E-state index contributed by atoms with van der Waals surface area (Å²) >= 11 is 3.47. The van der Waals surface area contributed by atoms with E-state index in [2.05, 4.69) is 40.0 Å². The third-order valence-electron chi connectivity index (χ3n) is 3.04. The summed E-state index contributed by atoms with van der Waals surface area (Å²) in [5, 5.41) is 2.95. The van der Waals surface area contributed by atoms with Crippen LogP contribution < -0.4 is 5.32 Å². The largest absolute Gasteiger partial charge is 0.324 e. The lowest BCUT2D eigenvalue weighted by Gasteiger charge is -2.19. The molecule has 4 heteroatoms. The van der Waals surface area contributed by atoms with Crippen molar-refractivity contribution in [2.45, 2.75) is 33.6 Å². The number of nitrogens with zero attached hydrogens (tertiary/aromatic N) is 1. The second-order valence-electron chi connectivity index (χ2n) is 4.75. The van der Waals surface area contributed by atoms with Gasteiger partial charge in [-0.1, -0.05) is 26.3 Å². The van der Waals surface area contributed by atoms with E-state index in [9.17, 15) is 4.79 Å². The number of carbonyl (C=O) groups excluding carboxylic acids is 1. The van der Waals surface area contributed by atoms with Gasteiger partial charge in [0.15, 0.2) is 0 Å². The van der Waals surface area contributed by atoms with Crippen molar-refractivity contribution < 1.29 is 4.79 Å². The van der Waals surface area contributed by atoms with E-state index in [1.807, 2.05) is 25.1 Å². The van der Waals surface area contributed by atoms with Gasteiger partial charge in [-0.15, -0.1) is 0 Å². The van der Waals surface area contributed by atoms with Crippen molar-refractivity contribution >= 4 is 27.5 Å². The van der Waals surface area contributed by atoms with Crippen LogP contribution in [0.4, 0.5) is 5.69 Å². The predicted octanol–water partition coefficient (Wildman–Crippen LogP) is 3.82. The average Bonchev–Trinajstić information content (AvgIpc) is 2.38. The van der Waals surface area contributed by atoms with Gasteiger partial charge in [-0.25, -0.2) is 0 Å². The van der Waals surface area contributed by atoms with E-state index in [-0.39, 0.29) is 5.91 Å². The number of likely N-dealkylation sites (N-methyl/N-ethyl adjacent to an activating group) is 1. The Hall–Kier alpha value is -0.870. The fourth-order valence-electron chi connectivity index (χ4n) is 1.85. The van der Waals surface area contributed by atoms with Gasteiger partial charge >= 0.3 is 0 Å². The molecule has 0 aliphatic carbocycles. The summed E-state index contributed by atoms with van der Waals surface area (Å²) in [5.41, 5.74) is 2.00. The molecule has 0 saturated heterocycles. The zero-order valence-electron chi connectivity index (χ0n) is 12.0. The Morgan fingerprint density at radius 2 is 2.11 bits per heavy atom. The van der Waals surface area contributed by atoms with Crippen LogP contribution in [0.1, 0.15) is 32.3 Å². The Morgan fingerprint density at radius 3 is 2.68 bits per heavy atom. The van der Waals surface area contributed by atoms with E-state index in [0.717, 1.165) is 36.1 Å². The van der Waals surface area contributed by atoms with Crippen molar-refractivity contribution in [1.29, 1.82) is 0 Å². The third-order valence-corrected chi connectivity index (χ3v) is 3.70. The van der Waals surface area contributed by atoms with Gasteiger partial charge < -0.3 is 5.32 Å². The van der Waals surface area contributed by atoms with Gasteiger partial charge in [0.05, 0.1) is 12.2 Å². The van der Waals surface area contributed by atoms with Gasteiger partial charge in [-0.05, 0) is 60.1 Å². The van der Waals surface area contributed by atoms with Crippen LogP contribution in [0.5, 0.6) is 0 Å².